The number of ether oxygens (including phenoxy) is 1. The van der Waals surface area contributed by atoms with E-state index in [-0.39, 0.29) is 5.60 Å². The van der Waals surface area contributed by atoms with Gasteiger partial charge in [-0.05, 0) is 41.7 Å². The van der Waals surface area contributed by atoms with Crippen molar-refractivity contribution in [3.63, 3.8) is 0 Å². The Kier molecular flexibility index (Phi) is 3.85. The molecule has 1 N–H and O–H groups in total. The summed E-state index contributed by atoms with van der Waals surface area (Å²) in [5, 5.41) is 12.9. The van der Waals surface area contributed by atoms with E-state index >= 15 is 0 Å². The number of aliphatic hydroxyl groups excluding tert-OH is 1. The van der Waals surface area contributed by atoms with Crippen LogP contribution >= 0.6 is 15.9 Å². The monoisotopic (exact) mass is 334 g/mol. The second-order valence-electron chi connectivity index (χ2n) is 5.64. The molecule has 0 radical (unpaired) electrons. The highest BCUT2D eigenvalue weighted by Crippen LogP contribution is 2.43. The smallest absolute Gasteiger partial charge is 0.0823 e. The second-order valence-corrected chi connectivity index (χ2v) is 6.50. The molecule has 0 bridgehead atoms. The fourth-order valence-corrected chi connectivity index (χ4v) is 3.58. The lowest BCUT2D eigenvalue weighted by atomic mass is 9.75. The molecule has 106 valence electrons. The van der Waals surface area contributed by atoms with Gasteiger partial charge in [0.05, 0.1) is 11.7 Å². The predicted molar refractivity (Wildman–Crippen MR) is 84.8 cm³/mol. The third kappa shape index (κ3) is 2.39. The third-order valence-corrected chi connectivity index (χ3v) is 5.22. The number of benzene rings is 2. The highest BCUT2D eigenvalue weighted by atomic mass is 79.9. The van der Waals surface area contributed by atoms with Crippen LogP contribution in [-0.2, 0) is 4.74 Å². The Labute approximate surface area is 127 Å². The van der Waals surface area contributed by atoms with Crippen LogP contribution in [0, 0.1) is 0 Å². The molecule has 1 atom stereocenters. The van der Waals surface area contributed by atoms with E-state index in [1.165, 1.54) is 6.42 Å². The van der Waals surface area contributed by atoms with Gasteiger partial charge in [-0.2, -0.15) is 0 Å². The Morgan fingerprint density at radius 3 is 2.50 bits per heavy atom. The van der Waals surface area contributed by atoms with Crippen LogP contribution in [0.1, 0.15) is 37.4 Å². The summed E-state index contributed by atoms with van der Waals surface area (Å²) in [6.07, 6.45) is 3.49. The van der Waals surface area contributed by atoms with Gasteiger partial charge in [-0.25, -0.2) is 0 Å². The SMILES string of the molecule is COC1(CC(O)c2ccc(Br)c3ccccc23)CCC1. The molecule has 0 amide bonds. The molecule has 1 aliphatic rings. The summed E-state index contributed by atoms with van der Waals surface area (Å²) in [7, 11) is 1.76. The van der Waals surface area contributed by atoms with Crippen LogP contribution < -0.4 is 0 Å². The van der Waals surface area contributed by atoms with Gasteiger partial charge in [0.25, 0.3) is 0 Å². The highest BCUT2D eigenvalue weighted by molar-refractivity contribution is 9.10. The Morgan fingerprint density at radius 1 is 1.20 bits per heavy atom. The molecule has 3 heteroatoms. The summed E-state index contributed by atoms with van der Waals surface area (Å²) in [5.41, 5.74) is 0.875. The van der Waals surface area contributed by atoms with Crippen LogP contribution in [0.3, 0.4) is 0 Å². The minimum absolute atomic E-state index is 0.117. The van der Waals surface area contributed by atoms with Crippen molar-refractivity contribution in [2.45, 2.75) is 37.4 Å². The molecule has 1 fully saturated rings. The van der Waals surface area contributed by atoms with Crippen molar-refractivity contribution < 1.29 is 9.84 Å². The average Bonchev–Trinajstić information content (AvgIpc) is 2.43. The Bertz CT molecular complexity index is 614. The Hall–Kier alpha value is -0.900. The van der Waals surface area contributed by atoms with Crippen LogP contribution in [0.15, 0.2) is 40.9 Å². The van der Waals surface area contributed by atoms with E-state index in [4.69, 9.17) is 4.74 Å². The van der Waals surface area contributed by atoms with E-state index in [1.807, 2.05) is 24.3 Å². The molecule has 2 aromatic rings. The average molecular weight is 335 g/mol. The molecule has 1 unspecified atom stereocenters. The molecule has 0 heterocycles. The standard InChI is InChI=1S/C17H19BrO2/c1-20-17(9-4-10-17)11-16(19)14-7-8-15(18)13-6-3-2-5-12(13)14/h2-3,5-8,16,19H,4,9-11H2,1H3. The van der Waals surface area contributed by atoms with Crippen LogP contribution in [0.25, 0.3) is 10.8 Å². The summed E-state index contributed by atoms with van der Waals surface area (Å²) in [6.45, 7) is 0. The number of halogens is 1. The summed E-state index contributed by atoms with van der Waals surface area (Å²) < 4.78 is 6.70. The molecular formula is C17H19BrO2. The summed E-state index contributed by atoms with van der Waals surface area (Å²) in [4.78, 5) is 0. The van der Waals surface area contributed by atoms with Crippen molar-refractivity contribution in [2.24, 2.45) is 0 Å². The van der Waals surface area contributed by atoms with Gasteiger partial charge in [0.2, 0.25) is 0 Å². The molecular weight excluding hydrogens is 316 g/mol. The quantitative estimate of drug-likeness (QED) is 0.885. The molecule has 20 heavy (non-hydrogen) atoms. The van der Waals surface area contributed by atoms with Gasteiger partial charge >= 0.3 is 0 Å². The first-order valence-corrected chi connectivity index (χ1v) is 7.85. The van der Waals surface area contributed by atoms with Crippen molar-refractivity contribution in [3.8, 4) is 0 Å². The predicted octanol–water partition coefficient (Wildman–Crippen LogP) is 4.59. The van der Waals surface area contributed by atoms with E-state index in [9.17, 15) is 5.11 Å². The Morgan fingerprint density at radius 2 is 1.90 bits per heavy atom. The second kappa shape index (κ2) is 5.47. The fraction of sp³-hybridized carbons (Fsp3) is 0.412. The number of rotatable bonds is 4. The number of methoxy groups -OCH3 is 1. The molecule has 2 nitrogen and oxygen atoms in total. The number of hydrogen-bond donors (Lipinski definition) is 1. The zero-order valence-corrected chi connectivity index (χ0v) is 13.2. The first-order valence-electron chi connectivity index (χ1n) is 7.06. The van der Waals surface area contributed by atoms with E-state index in [1.54, 1.807) is 7.11 Å². The zero-order valence-electron chi connectivity index (χ0n) is 11.6. The van der Waals surface area contributed by atoms with E-state index in [0.717, 1.165) is 33.7 Å². The molecule has 3 rings (SSSR count). The van der Waals surface area contributed by atoms with Gasteiger partial charge in [0.1, 0.15) is 0 Å². The summed E-state index contributed by atoms with van der Waals surface area (Å²) >= 11 is 3.57. The van der Waals surface area contributed by atoms with Gasteiger partial charge in [-0.15, -0.1) is 0 Å². The fourth-order valence-electron chi connectivity index (χ4n) is 3.10. The molecule has 0 spiro atoms. The Balaban J connectivity index is 1.95. The largest absolute Gasteiger partial charge is 0.388 e. The molecule has 0 saturated heterocycles. The highest BCUT2D eigenvalue weighted by Gasteiger charge is 2.39. The molecule has 2 aromatic carbocycles. The molecule has 0 aliphatic heterocycles. The van der Waals surface area contributed by atoms with Crippen molar-refractivity contribution in [1.29, 1.82) is 0 Å². The van der Waals surface area contributed by atoms with Gasteiger partial charge in [-0.3, -0.25) is 0 Å². The first-order chi connectivity index (χ1) is 9.65. The number of fused-ring (bicyclic) bond motifs is 1. The maximum atomic E-state index is 10.6. The van der Waals surface area contributed by atoms with Crippen LogP contribution in [0.2, 0.25) is 0 Å². The van der Waals surface area contributed by atoms with Crippen molar-refractivity contribution in [1.82, 2.24) is 0 Å². The van der Waals surface area contributed by atoms with Crippen LogP contribution in [0.5, 0.6) is 0 Å². The minimum atomic E-state index is -0.478. The van der Waals surface area contributed by atoms with Crippen molar-refractivity contribution >= 4 is 26.7 Å². The molecule has 1 aliphatic carbocycles. The zero-order chi connectivity index (χ0) is 14.2. The maximum absolute atomic E-state index is 10.6. The lowest BCUT2D eigenvalue weighted by Gasteiger charge is -2.42. The normalized spacial score (nSPS) is 18.8. The van der Waals surface area contributed by atoms with Gasteiger partial charge < -0.3 is 9.84 Å². The van der Waals surface area contributed by atoms with Gasteiger partial charge in [-0.1, -0.05) is 46.3 Å². The maximum Gasteiger partial charge on any atom is 0.0823 e. The lowest BCUT2D eigenvalue weighted by molar-refractivity contribution is -0.0997. The molecule has 1 saturated carbocycles. The first kappa shape index (κ1) is 14.1. The summed E-state index contributed by atoms with van der Waals surface area (Å²) in [5.74, 6) is 0. The van der Waals surface area contributed by atoms with Crippen molar-refractivity contribution in [2.75, 3.05) is 7.11 Å². The third-order valence-electron chi connectivity index (χ3n) is 4.53. The number of aliphatic hydroxyl groups is 1. The van der Waals surface area contributed by atoms with Gasteiger partial charge in [0, 0.05) is 18.0 Å². The van der Waals surface area contributed by atoms with Crippen molar-refractivity contribution in [3.05, 3.63) is 46.4 Å². The van der Waals surface area contributed by atoms with E-state index < -0.39 is 6.10 Å². The molecule has 0 aromatic heterocycles. The van der Waals surface area contributed by atoms with Crippen LogP contribution in [0.4, 0.5) is 0 Å². The lowest BCUT2D eigenvalue weighted by Crippen LogP contribution is -2.40. The number of hydrogen-bond acceptors (Lipinski definition) is 2. The van der Waals surface area contributed by atoms with E-state index in [0.29, 0.717) is 6.42 Å². The van der Waals surface area contributed by atoms with Crippen LogP contribution in [-0.4, -0.2) is 17.8 Å². The van der Waals surface area contributed by atoms with Gasteiger partial charge in [0.15, 0.2) is 0 Å². The summed E-state index contributed by atoms with van der Waals surface area (Å²) in [6, 6.07) is 12.2. The topological polar surface area (TPSA) is 29.5 Å². The minimum Gasteiger partial charge on any atom is -0.388 e. The van der Waals surface area contributed by atoms with E-state index in [2.05, 4.69) is 28.1 Å².